The molecule has 7 nitrogen and oxygen atoms in total. The van der Waals surface area contributed by atoms with Crippen LogP contribution in [0.15, 0.2) is 48.5 Å². The first kappa shape index (κ1) is 23.8. The van der Waals surface area contributed by atoms with Gasteiger partial charge in [-0.2, -0.15) is 0 Å². The van der Waals surface area contributed by atoms with E-state index >= 15 is 0 Å². The van der Waals surface area contributed by atoms with E-state index in [0.717, 1.165) is 28.7 Å². The summed E-state index contributed by atoms with van der Waals surface area (Å²) in [6.45, 7) is 3.74. The summed E-state index contributed by atoms with van der Waals surface area (Å²) in [5, 5.41) is 0. The van der Waals surface area contributed by atoms with Crippen molar-refractivity contribution in [1.29, 1.82) is 0 Å². The minimum Gasteiger partial charge on any atom is -0.459 e. The van der Waals surface area contributed by atoms with Crippen molar-refractivity contribution >= 4 is 18.0 Å². The molecule has 2 aromatic carbocycles. The zero-order valence-electron chi connectivity index (χ0n) is 17.4. The fourth-order valence-electron chi connectivity index (χ4n) is 2.46. The van der Waals surface area contributed by atoms with Crippen LogP contribution in [-0.4, -0.2) is 41.8 Å². The van der Waals surface area contributed by atoms with Crippen molar-refractivity contribution in [2.75, 3.05) is 13.3 Å². The van der Waals surface area contributed by atoms with Gasteiger partial charge in [-0.1, -0.05) is 36.4 Å². The van der Waals surface area contributed by atoms with Gasteiger partial charge in [0, 0.05) is 5.54 Å². The third-order valence-corrected chi connectivity index (χ3v) is 4.10. The predicted octanol–water partition coefficient (Wildman–Crippen LogP) is 4.06. The number of hydrogen-bond acceptors (Lipinski definition) is 6. The first-order valence-electron chi connectivity index (χ1n) is 9.34. The maximum atomic E-state index is 13.6. The smallest absolute Gasteiger partial charge is 0.413 e. The molecule has 0 atom stereocenters. The van der Waals surface area contributed by atoms with Gasteiger partial charge in [0.05, 0.1) is 0 Å². The largest absolute Gasteiger partial charge is 0.459 e. The predicted molar refractivity (Wildman–Crippen MR) is 106 cm³/mol. The lowest BCUT2D eigenvalue weighted by Gasteiger charge is -2.33. The fraction of sp³-hybridized carbons (Fsp3) is 0.318. The Kier molecular flexibility index (Phi) is 8.07. The molecule has 0 bridgehead atoms. The van der Waals surface area contributed by atoms with Gasteiger partial charge in [-0.15, -0.1) is 0 Å². The summed E-state index contributed by atoms with van der Waals surface area (Å²) >= 11 is 0. The van der Waals surface area contributed by atoms with E-state index in [-0.39, 0.29) is 6.61 Å². The Balaban J connectivity index is 1.91. The molecule has 0 radical (unpaired) electrons. The Labute approximate surface area is 178 Å². The van der Waals surface area contributed by atoms with Crippen LogP contribution in [0, 0.1) is 11.6 Å². The summed E-state index contributed by atoms with van der Waals surface area (Å²) in [5.74, 6) is -4.20. The number of ether oxygens (including phenoxy) is 3. The number of rotatable bonds is 7. The average Bonchev–Trinajstić information content (AvgIpc) is 2.70. The second-order valence-corrected chi connectivity index (χ2v) is 7.46. The van der Waals surface area contributed by atoms with Crippen LogP contribution in [0.5, 0.6) is 0 Å². The standard InChI is InChI=1S/C22H23F2NO6/c1-22(2,3)25(12-18(26)29-13-15-8-5-4-6-9-15)21(28)31-14-30-20(27)19-16(23)10-7-11-17(19)24/h4-11H,12-14H2,1-3H3. The van der Waals surface area contributed by atoms with Crippen LogP contribution in [0.3, 0.4) is 0 Å². The van der Waals surface area contributed by atoms with Crippen molar-refractivity contribution < 1.29 is 37.4 Å². The number of nitrogens with zero attached hydrogens (tertiary/aromatic N) is 1. The van der Waals surface area contributed by atoms with Gasteiger partial charge in [0.1, 0.15) is 30.3 Å². The molecule has 0 fully saturated rings. The molecule has 0 aliphatic carbocycles. The number of carbonyl (C=O) groups is 3. The van der Waals surface area contributed by atoms with Crippen LogP contribution in [0.2, 0.25) is 0 Å². The molecule has 0 aliphatic rings. The van der Waals surface area contributed by atoms with Gasteiger partial charge in [0.15, 0.2) is 0 Å². The quantitative estimate of drug-likeness (QED) is 0.482. The highest BCUT2D eigenvalue weighted by molar-refractivity contribution is 5.90. The third kappa shape index (κ3) is 7.06. The highest BCUT2D eigenvalue weighted by Gasteiger charge is 2.31. The lowest BCUT2D eigenvalue weighted by molar-refractivity contribution is -0.147. The zero-order chi connectivity index (χ0) is 23.0. The van der Waals surface area contributed by atoms with Gasteiger partial charge in [0.2, 0.25) is 6.79 Å². The number of carbonyl (C=O) groups excluding carboxylic acids is 3. The summed E-state index contributed by atoms with van der Waals surface area (Å²) in [5.41, 5.74) is -0.937. The number of amides is 1. The van der Waals surface area contributed by atoms with E-state index in [1.807, 2.05) is 6.07 Å². The molecule has 0 aliphatic heterocycles. The molecule has 0 N–H and O–H groups in total. The van der Waals surface area contributed by atoms with E-state index < -0.39 is 54.1 Å². The highest BCUT2D eigenvalue weighted by Crippen LogP contribution is 2.16. The summed E-state index contributed by atoms with van der Waals surface area (Å²) in [7, 11) is 0. The van der Waals surface area contributed by atoms with E-state index in [4.69, 9.17) is 9.47 Å². The third-order valence-electron chi connectivity index (χ3n) is 4.10. The maximum Gasteiger partial charge on any atom is 0.413 e. The van der Waals surface area contributed by atoms with Crippen molar-refractivity contribution in [2.24, 2.45) is 0 Å². The molecule has 0 saturated heterocycles. The molecular formula is C22H23F2NO6. The monoisotopic (exact) mass is 435 g/mol. The molecule has 2 rings (SSSR count). The van der Waals surface area contributed by atoms with Gasteiger partial charge in [-0.25, -0.2) is 18.4 Å². The Morgan fingerprint density at radius 2 is 1.48 bits per heavy atom. The van der Waals surface area contributed by atoms with Gasteiger partial charge >= 0.3 is 18.0 Å². The molecule has 0 spiro atoms. The number of benzene rings is 2. The van der Waals surface area contributed by atoms with Gasteiger partial charge in [-0.05, 0) is 38.5 Å². The Bertz CT molecular complexity index is 907. The van der Waals surface area contributed by atoms with Crippen molar-refractivity contribution in [3.05, 3.63) is 71.3 Å². The van der Waals surface area contributed by atoms with E-state index in [1.54, 1.807) is 45.0 Å². The van der Waals surface area contributed by atoms with E-state index in [0.29, 0.717) is 0 Å². The van der Waals surface area contributed by atoms with Crippen molar-refractivity contribution in [1.82, 2.24) is 4.90 Å². The molecule has 2 aromatic rings. The van der Waals surface area contributed by atoms with Crippen LogP contribution in [-0.2, 0) is 25.6 Å². The normalized spacial score (nSPS) is 10.9. The van der Waals surface area contributed by atoms with Crippen molar-refractivity contribution in [3.8, 4) is 0 Å². The molecule has 9 heteroatoms. The summed E-state index contributed by atoms with van der Waals surface area (Å²) < 4.78 is 41.9. The van der Waals surface area contributed by atoms with Gasteiger partial charge in [0.25, 0.3) is 0 Å². The highest BCUT2D eigenvalue weighted by atomic mass is 19.1. The number of halogens is 2. The van der Waals surface area contributed by atoms with Crippen molar-refractivity contribution in [3.63, 3.8) is 0 Å². The minimum absolute atomic E-state index is 0.0402. The average molecular weight is 435 g/mol. The van der Waals surface area contributed by atoms with Crippen LogP contribution >= 0.6 is 0 Å². The summed E-state index contributed by atoms with van der Waals surface area (Å²) in [6, 6.07) is 11.9. The second-order valence-electron chi connectivity index (χ2n) is 7.46. The Morgan fingerprint density at radius 3 is 2.06 bits per heavy atom. The van der Waals surface area contributed by atoms with E-state index in [2.05, 4.69) is 4.74 Å². The first-order valence-corrected chi connectivity index (χ1v) is 9.34. The first-order chi connectivity index (χ1) is 14.6. The van der Waals surface area contributed by atoms with Crippen LogP contribution in [0.4, 0.5) is 13.6 Å². The lowest BCUT2D eigenvalue weighted by atomic mass is 10.1. The Morgan fingerprint density at radius 1 is 0.871 bits per heavy atom. The van der Waals surface area contributed by atoms with Crippen LogP contribution < -0.4 is 0 Å². The second kappa shape index (κ2) is 10.5. The Hall–Kier alpha value is -3.49. The van der Waals surface area contributed by atoms with Crippen molar-refractivity contribution in [2.45, 2.75) is 32.9 Å². The van der Waals surface area contributed by atoms with Gasteiger partial charge < -0.3 is 14.2 Å². The molecule has 0 aromatic heterocycles. The molecule has 1 amide bonds. The molecular weight excluding hydrogens is 412 g/mol. The van der Waals surface area contributed by atoms with Crippen LogP contribution in [0.1, 0.15) is 36.7 Å². The zero-order valence-corrected chi connectivity index (χ0v) is 17.4. The summed E-state index contributed by atoms with van der Waals surface area (Å²) in [6.07, 6.45) is -0.967. The molecule has 31 heavy (non-hydrogen) atoms. The molecule has 0 unspecified atom stereocenters. The van der Waals surface area contributed by atoms with Gasteiger partial charge in [-0.3, -0.25) is 9.69 Å². The van der Waals surface area contributed by atoms with Crippen LogP contribution in [0.25, 0.3) is 0 Å². The summed E-state index contributed by atoms with van der Waals surface area (Å²) in [4.78, 5) is 37.5. The maximum absolute atomic E-state index is 13.6. The number of hydrogen-bond donors (Lipinski definition) is 0. The molecule has 166 valence electrons. The fourth-order valence-corrected chi connectivity index (χ4v) is 2.46. The number of esters is 2. The molecule has 0 heterocycles. The molecule has 0 saturated carbocycles. The lowest BCUT2D eigenvalue weighted by Crippen LogP contribution is -2.49. The SMILES string of the molecule is CC(C)(C)N(CC(=O)OCc1ccccc1)C(=O)OCOC(=O)c1c(F)cccc1F. The van der Waals surface area contributed by atoms with E-state index in [1.165, 1.54) is 0 Å². The minimum atomic E-state index is -1.33. The van der Waals surface area contributed by atoms with E-state index in [9.17, 15) is 23.2 Å². The topological polar surface area (TPSA) is 82.1 Å².